The Morgan fingerprint density at radius 3 is 3.06 bits per heavy atom. The molecule has 1 aromatic carbocycles. The van der Waals surface area contributed by atoms with E-state index in [-0.39, 0.29) is 18.3 Å². The highest BCUT2D eigenvalue weighted by Gasteiger charge is 2.17. The van der Waals surface area contributed by atoms with E-state index in [0.717, 1.165) is 30.8 Å². The third-order valence-corrected chi connectivity index (χ3v) is 2.47. The summed E-state index contributed by atoms with van der Waals surface area (Å²) in [6.45, 7) is 3.14. The minimum absolute atomic E-state index is 0. The number of nitrogens with one attached hydrogen (secondary N) is 1. The Bertz CT molecular complexity index is 379. The summed E-state index contributed by atoms with van der Waals surface area (Å²) in [7, 11) is 0. The van der Waals surface area contributed by atoms with Gasteiger partial charge in [0.1, 0.15) is 5.75 Å². The predicted octanol–water partition coefficient (Wildman–Crippen LogP) is 2.80. The van der Waals surface area contributed by atoms with E-state index in [2.05, 4.69) is 6.07 Å². The molecule has 0 radical (unpaired) electrons. The van der Waals surface area contributed by atoms with Gasteiger partial charge in [-0.15, -0.1) is 12.4 Å². The molecule has 1 aliphatic heterocycles. The summed E-state index contributed by atoms with van der Waals surface area (Å²) in [4.78, 5) is 0. The van der Waals surface area contributed by atoms with Crippen LogP contribution in [0.3, 0.4) is 0 Å². The lowest BCUT2D eigenvalue weighted by atomic mass is 10.0. The molecule has 0 unspecified atom stereocenters. The van der Waals surface area contributed by atoms with E-state index in [4.69, 9.17) is 14.9 Å². The van der Waals surface area contributed by atoms with Crippen LogP contribution in [0.15, 0.2) is 18.2 Å². The Labute approximate surface area is 102 Å². The van der Waals surface area contributed by atoms with Gasteiger partial charge in [0.2, 0.25) is 5.90 Å². The van der Waals surface area contributed by atoms with E-state index >= 15 is 0 Å². The maximum Gasteiger partial charge on any atom is 0.217 e. The molecular weight excluding hydrogens is 226 g/mol. The topological polar surface area (TPSA) is 42.3 Å². The summed E-state index contributed by atoms with van der Waals surface area (Å²) >= 11 is 0. The van der Waals surface area contributed by atoms with Gasteiger partial charge in [-0.1, -0.05) is 12.1 Å². The Kier molecular flexibility index (Phi) is 4.62. The molecule has 0 saturated heterocycles. The molecule has 0 amide bonds. The van der Waals surface area contributed by atoms with Crippen molar-refractivity contribution in [1.29, 1.82) is 5.41 Å². The van der Waals surface area contributed by atoms with Crippen molar-refractivity contribution in [3.63, 3.8) is 0 Å². The summed E-state index contributed by atoms with van der Waals surface area (Å²) in [6, 6.07) is 5.88. The van der Waals surface area contributed by atoms with Crippen LogP contribution in [0.4, 0.5) is 0 Å². The van der Waals surface area contributed by atoms with Gasteiger partial charge < -0.3 is 9.47 Å². The Morgan fingerprint density at radius 1 is 1.50 bits per heavy atom. The summed E-state index contributed by atoms with van der Waals surface area (Å²) in [5, 5.41) is 7.77. The SMILES string of the molecule is CCOC(=N)c1cccc2c1OCCC2.Cl. The first kappa shape index (κ1) is 12.8. The van der Waals surface area contributed by atoms with Crippen molar-refractivity contribution in [3.8, 4) is 5.75 Å². The van der Waals surface area contributed by atoms with Gasteiger partial charge in [-0.3, -0.25) is 5.41 Å². The van der Waals surface area contributed by atoms with Crippen molar-refractivity contribution in [2.75, 3.05) is 13.2 Å². The number of aryl methyl sites for hydroxylation is 1. The third-order valence-electron chi connectivity index (χ3n) is 2.47. The second-order valence-electron chi connectivity index (χ2n) is 3.51. The monoisotopic (exact) mass is 241 g/mol. The van der Waals surface area contributed by atoms with Crippen LogP contribution in [0.2, 0.25) is 0 Å². The second kappa shape index (κ2) is 5.75. The molecule has 3 nitrogen and oxygen atoms in total. The number of fused-ring (bicyclic) bond motifs is 1. The van der Waals surface area contributed by atoms with Gasteiger partial charge in [-0.2, -0.15) is 0 Å². The van der Waals surface area contributed by atoms with Gasteiger partial charge in [-0.05, 0) is 31.4 Å². The number of hydrogen-bond acceptors (Lipinski definition) is 3. The second-order valence-corrected chi connectivity index (χ2v) is 3.51. The Balaban J connectivity index is 0.00000128. The minimum Gasteiger partial charge on any atom is -0.492 e. The molecule has 16 heavy (non-hydrogen) atoms. The van der Waals surface area contributed by atoms with Gasteiger partial charge in [0.05, 0.1) is 18.8 Å². The van der Waals surface area contributed by atoms with Crippen LogP contribution in [0.25, 0.3) is 0 Å². The van der Waals surface area contributed by atoms with Crippen LogP contribution in [-0.2, 0) is 11.2 Å². The normalized spacial score (nSPS) is 13.1. The van der Waals surface area contributed by atoms with E-state index in [9.17, 15) is 0 Å². The lowest BCUT2D eigenvalue weighted by Crippen LogP contribution is -2.14. The van der Waals surface area contributed by atoms with Crippen LogP contribution >= 0.6 is 12.4 Å². The highest BCUT2D eigenvalue weighted by Crippen LogP contribution is 2.29. The summed E-state index contributed by atoms with van der Waals surface area (Å²) in [5.74, 6) is 1.04. The molecule has 0 atom stereocenters. The molecule has 0 aromatic heterocycles. The molecule has 0 bridgehead atoms. The summed E-state index contributed by atoms with van der Waals surface area (Å²) in [6.07, 6.45) is 2.08. The predicted molar refractivity (Wildman–Crippen MR) is 66.0 cm³/mol. The average Bonchev–Trinajstić information content (AvgIpc) is 2.28. The summed E-state index contributed by atoms with van der Waals surface area (Å²) < 4.78 is 10.8. The van der Waals surface area contributed by atoms with Gasteiger partial charge in [0.15, 0.2) is 0 Å². The maximum absolute atomic E-state index is 7.77. The summed E-state index contributed by atoms with van der Waals surface area (Å²) in [5.41, 5.74) is 1.96. The molecule has 2 rings (SSSR count). The molecule has 4 heteroatoms. The Hall–Kier alpha value is -1.22. The lowest BCUT2D eigenvalue weighted by molar-refractivity contribution is 0.282. The van der Waals surface area contributed by atoms with Crippen molar-refractivity contribution in [3.05, 3.63) is 29.3 Å². The van der Waals surface area contributed by atoms with Gasteiger partial charge in [0, 0.05) is 0 Å². The number of benzene rings is 1. The van der Waals surface area contributed by atoms with Crippen molar-refractivity contribution >= 4 is 18.3 Å². The maximum atomic E-state index is 7.77. The number of halogens is 1. The van der Waals surface area contributed by atoms with Crippen LogP contribution in [0.5, 0.6) is 5.75 Å². The van der Waals surface area contributed by atoms with E-state index in [0.29, 0.717) is 6.61 Å². The molecule has 0 aliphatic carbocycles. The molecule has 1 aromatic rings. The fourth-order valence-electron chi connectivity index (χ4n) is 1.79. The van der Waals surface area contributed by atoms with Crippen molar-refractivity contribution < 1.29 is 9.47 Å². The van der Waals surface area contributed by atoms with Gasteiger partial charge in [-0.25, -0.2) is 0 Å². The third kappa shape index (κ3) is 2.47. The first-order chi connectivity index (χ1) is 7.33. The first-order valence-corrected chi connectivity index (χ1v) is 5.29. The molecule has 1 N–H and O–H groups in total. The average molecular weight is 242 g/mol. The zero-order valence-electron chi connectivity index (χ0n) is 9.29. The molecule has 0 fully saturated rings. The van der Waals surface area contributed by atoms with Crippen molar-refractivity contribution in [1.82, 2.24) is 0 Å². The highest BCUT2D eigenvalue weighted by molar-refractivity contribution is 5.95. The highest BCUT2D eigenvalue weighted by atomic mass is 35.5. The molecule has 1 heterocycles. The smallest absolute Gasteiger partial charge is 0.217 e. The fraction of sp³-hybridized carbons (Fsp3) is 0.417. The standard InChI is InChI=1S/C12H15NO2.ClH/c1-2-14-12(13)10-7-3-5-9-6-4-8-15-11(9)10;/h3,5,7,13H,2,4,6,8H2,1H3;1H. The molecule has 0 spiro atoms. The lowest BCUT2D eigenvalue weighted by Gasteiger charge is -2.20. The van der Waals surface area contributed by atoms with Gasteiger partial charge >= 0.3 is 0 Å². The van der Waals surface area contributed by atoms with Gasteiger partial charge in [0.25, 0.3) is 0 Å². The first-order valence-electron chi connectivity index (χ1n) is 5.29. The number of hydrogen-bond donors (Lipinski definition) is 1. The zero-order chi connectivity index (χ0) is 10.7. The van der Waals surface area contributed by atoms with Crippen LogP contribution in [0.1, 0.15) is 24.5 Å². The number of para-hydroxylation sites is 1. The van der Waals surface area contributed by atoms with Crippen molar-refractivity contribution in [2.24, 2.45) is 0 Å². The van der Waals surface area contributed by atoms with Crippen LogP contribution < -0.4 is 4.74 Å². The molecule has 1 aliphatic rings. The number of rotatable bonds is 2. The fourth-order valence-corrected chi connectivity index (χ4v) is 1.79. The van der Waals surface area contributed by atoms with E-state index < -0.39 is 0 Å². The zero-order valence-corrected chi connectivity index (χ0v) is 10.1. The molecular formula is C12H16ClNO2. The quantitative estimate of drug-likeness (QED) is 0.639. The Morgan fingerprint density at radius 2 is 2.31 bits per heavy atom. The minimum atomic E-state index is 0. The van der Waals surface area contributed by atoms with Crippen LogP contribution in [-0.4, -0.2) is 19.1 Å². The van der Waals surface area contributed by atoms with E-state index in [1.165, 1.54) is 5.56 Å². The largest absolute Gasteiger partial charge is 0.492 e. The van der Waals surface area contributed by atoms with E-state index in [1.54, 1.807) is 0 Å². The number of ether oxygens (including phenoxy) is 2. The molecule has 0 saturated carbocycles. The molecule has 88 valence electrons. The van der Waals surface area contributed by atoms with E-state index in [1.807, 2.05) is 19.1 Å². The van der Waals surface area contributed by atoms with Crippen molar-refractivity contribution in [2.45, 2.75) is 19.8 Å². The van der Waals surface area contributed by atoms with Crippen LogP contribution in [0, 0.1) is 5.41 Å².